The third-order valence-corrected chi connectivity index (χ3v) is 10.1. The number of pyridine rings is 2. The minimum Gasteiger partial charge on any atom is -0.445 e. The molecule has 6 heterocycles. The number of halogens is 2. The van der Waals surface area contributed by atoms with E-state index < -0.39 is 0 Å². The van der Waals surface area contributed by atoms with E-state index in [4.69, 9.17) is 4.74 Å². The molecule has 52 heavy (non-hydrogen) atoms. The van der Waals surface area contributed by atoms with Gasteiger partial charge in [-0.3, -0.25) is 24.5 Å². The highest BCUT2D eigenvalue weighted by Gasteiger charge is 2.33. The number of nitrogens with zero attached hydrogens (tertiary/aromatic N) is 5. The first-order valence-electron chi connectivity index (χ1n) is 16.5. The van der Waals surface area contributed by atoms with Crippen LogP contribution in [0.15, 0.2) is 90.1 Å². The van der Waals surface area contributed by atoms with E-state index in [0.29, 0.717) is 37.1 Å². The third-order valence-electron chi connectivity index (χ3n) is 8.20. The van der Waals surface area contributed by atoms with Crippen molar-refractivity contribution in [1.29, 1.82) is 0 Å². The quantitative estimate of drug-likeness (QED) is 0.135. The zero-order valence-electron chi connectivity index (χ0n) is 28.2. The number of hydrogen-bond acceptors (Lipinski definition) is 11. The third kappa shape index (κ3) is 11.5. The zero-order chi connectivity index (χ0) is 34.5. The van der Waals surface area contributed by atoms with Gasteiger partial charge in [-0.1, -0.05) is 42.5 Å². The molecule has 5 aromatic rings. The Hall–Kier alpha value is -4.09. The summed E-state index contributed by atoms with van der Waals surface area (Å²) in [6.07, 6.45) is 10.5. The van der Waals surface area contributed by atoms with Crippen LogP contribution in [0.2, 0.25) is 0 Å². The predicted octanol–water partition coefficient (Wildman–Crippen LogP) is 6.99. The molecule has 2 aliphatic heterocycles. The largest absolute Gasteiger partial charge is 0.445 e. The molecule has 7 rings (SSSR count). The molecule has 4 aromatic heterocycles. The topological polar surface area (TPSA) is 151 Å². The van der Waals surface area contributed by atoms with Crippen LogP contribution < -0.4 is 16.0 Å². The molecule has 2 aliphatic rings. The Bertz CT molecular complexity index is 1840. The van der Waals surface area contributed by atoms with Crippen LogP contribution in [0.3, 0.4) is 0 Å². The molecule has 0 saturated carbocycles. The predicted molar refractivity (Wildman–Crippen MR) is 211 cm³/mol. The van der Waals surface area contributed by atoms with Crippen molar-refractivity contribution in [2.75, 3.05) is 13.1 Å². The van der Waals surface area contributed by atoms with Gasteiger partial charge in [0.05, 0.1) is 12.1 Å². The van der Waals surface area contributed by atoms with Crippen molar-refractivity contribution >= 4 is 74.5 Å². The van der Waals surface area contributed by atoms with Crippen molar-refractivity contribution in [1.82, 2.24) is 40.8 Å². The van der Waals surface area contributed by atoms with E-state index in [9.17, 15) is 14.4 Å². The number of ether oxygens (including phenoxy) is 1. The molecule has 0 unspecified atom stereocenters. The maximum atomic E-state index is 12.6. The lowest BCUT2D eigenvalue weighted by atomic mass is 10.2. The van der Waals surface area contributed by atoms with Crippen molar-refractivity contribution < 1.29 is 19.1 Å². The van der Waals surface area contributed by atoms with Gasteiger partial charge in [0.1, 0.15) is 28.0 Å². The molecule has 0 bridgehead atoms. The Labute approximate surface area is 331 Å². The summed E-state index contributed by atoms with van der Waals surface area (Å²) in [4.78, 5) is 55.8. The fourth-order valence-corrected chi connectivity index (χ4v) is 7.44. The highest BCUT2D eigenvalue weighted by atomic mass is 79.9. The Morgan fingerprint density at radius 3 is 1.94 bits per heavy atom. The minimum absolute atomic E-state index is 0. The van der Waals surface area contributed by atoms with Crippen molar-refractivity contribution in [3.05, 3.63) is 128 Å². The van der Waals surface area contributed by atoms with Crippen molar-refractivity contribution in [2.45, 2.75) is 57.5 Å². The Balaban J connectivity index is 0.000000241. The summed E-state index contributed by atoms with van der Waals surface area (Å²) in [5, 5.41) is 14.4. The Kier molecular flexibility index (Phi) is 16.3. The Morgan fingerprint density at radius 2 is 1.37 bits per heavy atom. The van der Waals surface area contributed by atoms with Gasteiger partial charge >= 0.3 is 6.09 Å². The summed E-state index contributed by atoms with van der Waals surface area (Å²) in [5.74, 6) is -0.369. The molecular weight excluding hydrogens is 832 g/mol. The fourth-order valence-electron chi connectivity index (χ4n) is 5.59. The standard InChI is InChI=1S/C22H22N4O3S.C14H16N4OS.2BrH/c27-20(24-13-17-8-4-10-23-12-17)18-15-30-21(25-18)19-9-5-11-26(19)22(28)29-14-16-6-2-1-3-7-16;19-13(17-8-10-3-1-5-15-7-10)12-9-20-14(18-12)11-4-2-6-16-11;;/h1-4,6-8,10,12,15,19H,5,9,11,13-14H2,(H,24,27);1,3,5,7,9,11,16H,2,4,6,8H2,(H,17,19);2*1H/t19-;11-;;/m00../s1. The number of nitrogens with one attached hydrogen (secondary N) is 3. The molecule has 2 atom stereocenters. The molecule has 2 fully saturated rings. The summed E-state index contributed by atoms with van der Waals surface area (Å²) < 4.78 is 5.48. The van der Waals surface area contributed by atoms with E-state index >= 15 is 0 Å². The number of rotatable bonds is 10. The average Bonchev–Trinajstić information content (AvgIpc) is 4.01. The molecule has 274 valence electrons. The maximum Gasteiger partial charge on any atom is 0.410 e. The number of amides is 3. The van der Waals surface area contributed by atoms with E-state index in [0.717, 1.165) is 52.5 Å². The number of likely N-dealkylation sites (tertiary alicyclic amines) is 1. The first-order chi connectivity index (χ1) is 24.5. The molecular formula is C36H40Br2N8O4S2. The summed E-state index contributed by atoms with van der Waals surface area (Å²) in [5.41, 5.74) is 3.72. The van der Waals surface area contributed by atoms with Crippen LogP contribution in [0.25, 0.3) is 0 Å². The normalized spacial score (nSPS) is 16.0. The average molecular weight is 873 g/mol. The number of hydrogen-bond donors (Lipinski definition) is 3. The van der Waals surface area contributed by atoms with Crippen molar-refractivity contribution in [3.8, 4) is 0 Å². The summed E-state index contributed by atoms with van der Waals surface area (Å²) >= 11 is 2.95. The van der Waals surface area contributed by atoms with Gasteiger partial charge in [0.15, 0.2) is 0 Å². The van der Waals surface area contributed by atoms with Crippen LogP contribution >= 0.6 is 56.6 Å². The highest BCUT2D eigenvalue weighted by Crippen LogP contribution is 2.34. The van der Waals surface area contributed by atoms with Crippen molar-refractivity contribution in [3.63, 3.8) is 0 Å². The molecule has 2 saturated heterocycles. The number of carbonyl (C=O) groups is 3. The lowest BCUT2D eigenvalue weighted by Crippen LogP contribution is -2.31. The van der Waals surface area contributed by atoms with E-state index in [1.54, 1.807) is 46.4 Å². The molecule has 0 spiro atoms. The number of aromatic nitrogens is 4. The number of benzene rings is 1. The summed E-state index contributed by atoms with van der Waals surface area (Å²) in [6, 6.07) is 17.3. The fraction of sp³-hybridized carbons (Fsp3) is 0.306. The molecule has 0 radical (unpaired) electrons. The van der Waals surface area contributed by atoms with Gasteiger partial charge in [0, 0.05) is 55.2 Å². The summed E-state index contributed by atoms with van der Waals surface area (Å²) in [7, 11) is 0. The van der Waals surface area contributed by atoms with E-state index in [1.807, 2.05) is 60.0 Å². The van der Waals surface area contributed by atoms with Crippen LogP contribution in [-0.2, 0) is 24.4 Å². The SMILES string of the molecule is Br.Br.O=C(NCc1cccnc1)c1csc([C@@H]2CCCN2)n1.O=C(NCc1cccnc1)c1csc([C@@H]2CCCN2C(=O)OCc2ccccc2)n1. The number of thiazole rings is 2. The van der Waals surface area contributed by atoms with Gasteiger partial charge in [0.2, 0.25) is 0 Å². The van der Waals surface area contributed by atoms with Gasteiger partial charge in [-0.25, -0.2) is 14.8 Å². The van der Waals surface area contributed by atoms with Gasteiger partial charge in [-0.05, 0) is 61.1 Å². The number of carbonyl (C=O) groups excluding carboxylic acids is 3. The van der Waals surface area contributed by atoms with Crippen LogP contribution in [0.5, 0.6) is 0 Å². The smallest absolute Gasteiger partial charge is 0.410 e. The molecule has 3 amide bonds. The molecule has 1 aromatic carbocycles. The second-order valence-corrected chi connectivity index (χ2v) is 13.5. The van der Waals surface area contributed by atoms with Crippen LogP contribution in [0.4, 0.5) is 4.79 Å². The van der Waals surface area contributed by atoms with E-state index in [2.05, 4.69) is 35.9 Å². The van der Waals surface area contributed by atoms with Gasteiger partial charge in [-0.2, -0.15) is 0 Å². The second-order valence-electron chi connectivity index (χ2n) is 11.8. The van der Waals surface area contributed by atoms with E-state index in [-0.39, 0.29) is 64.5 Å². The van der Waals surface area contributed by atoms with Crippen molar-refractivity contribution in [2.24, 2.45) is 0 Å². The van der Waals surface area contributed by atoms with Gasteiger partial charge in [-0.15, -0.1) is 56.6 Å². The first-order valence-corrected chi connectivity index (χ1v) is 18.2. The second kappa shape index (κ2) is 20.8. The van der Waals surface area contributed by atoms with E-state index in [1.165, 1.54) is 17.8 Å². The monoisotopic (exact) mass is 870 g/mol. The molecule has 12 nitrogen and oxygen atoms in total. The first kappa shape index (κ1) is 40.7. The van der Waals surface area contributed by atoms with Crippen LogP contribution in [0.1, 0.15) is 85.4 Å². The minimum atomic E-state index is -0.348. The van der Waals surface area contributed by atoms with Gasteiger partial charge in [0.25, 0.3) is 11.8 Å². The van der Waals surface area contributed by atoms with Crippen LogP contribution in [-0.4, -0.2) is 55.8 Å². The van der Waals surface area contributed by atoms with Crippen LogP contribution in [0, 0.1) is 0 Å². The molecule has 0 aliphatic carbocycles. The Morgan fingerprint density at radius 1 is 0.769 bits per heavy atom. The summed E-state index contributed by atoms with van der Waals surface area (Å²) in [6.45, 7) is 2.76. The van der Waals surface area contributed by atoms with Gasteiger partial charge < -0.3 is 20.7 Å². The molecule has 16 heteroatoms. The lowest BCUT2D eigenvalue weighted by molar-refractivity contribution is 0.0917. The zero-order valence-corrected chi connectivity index (χ0v) is 33.2. The maximum absolute atomic E-state index is 12.6. The molecule has 3 N–H and O–H groups in total. The lowest BCUT2D eigenvalue weighted by Gasteiger charge is -2.22. The highest BCUT2D eigenvalue weighted by molar-refractivity contribution is 8.93.